The highest BCUT2D eigenvalue weighted by Crippen LogP contribution is 2.15. The zero-order chi connectivity index (χ0) is 14.7. The number of carbonyl (C=O) groups excluding carboxylic acids is 1. The third-order valence-corrected chi connectivity index (χ3v) is 5.23. The summed E-state index contributed by atoms with van der Waals surface area (Å²) in [6, 6.07) is 0. The van der Waals surface area contributed by atoms with E-state index >= 15 is 0 Å². The van der Waals surface area contributed by atoms with Crippen molar-refractivity contribution in [3.8, 4) is 0 Å². The Hall–Kier alpha value is -0.540. The first-order valence-corrected chi connectivity index (χ1v) is 7.66. The molecule has 0 aromatic rings. The molecule has 1 saturated heterocycles. The molecule has 0 saturated carbocycles. The van der Waals surface area contributed by atoms with Gasteiger partial charge in [0.15, 0.2) is 0 Å². The number of piperazine rings is 1. The first-order chi connectivity index (χ1) is 8.75. The Morgan fingerprint density at radius 2 is 1.63 bits per heavy atom. The number of carbonyl (C=O) groups is 1. The zero-order valence-corrected chi connectivity index (χ0v) is 12.7. The highest BCUT2D eigenvalue weighted by molar-refractivity contribution is 7.89. The zero-order valence-electron chi connectivity index (χ0n) is 11.9. The molecule has 0 unspecified atom stereocenters. The minimum absolute atomic E-state index is 0.406. The van der Waals surface area contributed by atoms with Gasteiger partial charge in [0.25, 0.3) is 0 Å². The molecule has 0 bridgehead atoms. The molecule has 1 aliphatic rings. The number of methoxy groups -OCH3 is 2. The fraction of sp³-hybridized carbons (Fsp3) is 0.909. The first-order valence-electron chi connectivity index (χ1n) is 6.05. The third-order valence-electron chi connectivity index (χ3n) is 3.45. The summed E-state index contributed by atoms with van der Waals surface area (Å²) in [6.45, 7) is 3.55. The van der Waals surface area contributed by atoms with Gasteiger partial charge in [-0.05, 0) is 14.0 Å². The number of rotatable bonds is 6. The largest absolute Gasteiger partial charge is 0.347 e. The maximum atomic E-state index is 12.2. The lowest BCUT2D eigenvalue weighted by Gasteiger charge is -2.32. The third kappa shape index (κ3) is 3.96. The van der Waals surface area contributed by atoms with E-state index in [0.29, 0.717) is 26.2 Å². The van der Waals surface area contributed by atoms with Crippen molar-refractivity contribution < 1.29 is 22.7 Å². The summed E-state index contributed by atoms with van der Waals surface area (Å²) in [7, 11) is 0.939. The molecule has 0 amide bonds. The van der Waals surface area contributed by atoms with Crippen LogP contribution in [-0.2, 0) is 24.3 Å². The Labute approximate surface area is 114 Å². The van der Waals surface area contributed by atoms with Crippen LogP contribution in [0.5, 0.6) is 0 Å². The average molecular weight is 294 g/mol. The van der Waals surface area contributed by atoms with E-state index in [2.05, 4.69) is 0 Å². The van der Waals surface area contributed by atoms with Crippen molar-refractivity contribution in [2.75, 3.05) is 53.2 Å². The molecule has 19 heavy (non-hydrogen) atoms. The molecular weight excluding hydrogens is 272 g/mol. The second-order valence-electron chi connectivity index (χ2n) is 4.74. The molecule has 0 aromatic heterocycles. The Kier molecular flexibility index (Phi) is 5.45. The van der Waals surface area contributed by atoms with Gasteiger partial charge in [0.05, 0.1) is 0 Å². The highest BCUT2D eigenvalue weighted by atomic mass is 32.2. The van der Waals surface area contributed by atoms with Gasteiger partial charge < -0.3 is 14.4 Å². The molecule has 7 nitrogen and oxygen atoms in total. The predicted octanol–water partition coefficient (Wildman–Crippen LogP) is -0.858. The van der Waals surface area contributed by atoms with E-state index < -0.39 is 27.3 Å². The molecule has 0 radical (unpaired) electrons. The van der Waals surface area contributed by atoms with Crippen LogP contribution in [0.4, 0.5) is 0 Å². The number of nitrogens with zero attached hydrogens (tertiary/aromatic N) is 2. The maximum absolute atomic E-state index is 12.2. The molecule has 1 heterocycles. The second-order valence-corrected chi connectivity index (χ2v) is 6.70. The quantitative estimate of drug-likeness (QED) is 0.594. The Morgan fingerprint density at radius 3 is 2.05 bits per heavy atom. The second kappa shape index (κ2) is 6.27. The Morgan fingerprint density at radius 1 is 1.16 bits per heavy atom. The average Bonchev–Trinajstić information content (AvgIpc) is 2.37. The van der Waals surface area contributed by atoms with Gasteiger partial charge >= 0.3 is 0 Å². The van der Waals surface area contributed by atoms with E-state index in [-0.39, 0.29) is 0 Å². The van der Waals surface area contributed by atoms with Gasteiger partial charge in [-0.1, -0.05) is 0 Å². The van der Waals surface area contributed by atoms with Gasteiger partial charge in [0.2, 0.25) is 21.6 Å². The van der Waals surface area contributed by atoms with Crippen molar-refractivity contribution in [1.82, 2.24) is 9.21 Å². The van der Waals surface area contributed by atoms with Gasteiger partial charge in [-0.2, -0.15) is 4.31 Å². The van der Waals surface area contributed by atoms with E-state index in [0.717, 1.165) is 0 Å². The molecule has 112 valence electrons. The maximum Gasteiger partial charge on any atom is 0.226 e. The fourth-order valence-corrected chi connectivity index (χ4v) is 3.26. The molecule has 8 heteroatoms. The van der Waals surface area contributed by atoms with Crippen LogP contribution in [0.2, 0.25) is 0 Å². The van der Waals surface area contributed by atoms with Crippen LogP contribution >= 0.6 is 0 Å². The monoisotopic (exact) mass is 294 g/mol. The molecule has 0 atom stereocenters. The lowest BCUT2D eigenvalue weighted by Crippen LogP contribution is -2.51. The van der Waals surface area contributed by atoms with Crippen LogP contribution in [0.3, 0.4) is 0 Å². The van der Waals surface area contributed by atoms with Crippen LogP contribution in [0.15, 0.2) is 0 Å². The topological polar surface area (TPSA) is 76.1 Å². The van der Waals surface area contributed by atoms with Crippen LogP contribution in [0.25, 0.3) is 0 Å². The van der Waals surface area contributed by atoms with E-state index in [4.69, 9.17) is 9.47 Å². The summed E-state index contributed by atoms with van der Waals surface area (Å²) in [6.07, 6.45) is 0. The first kappa shape index (κ1) is 16.5. The van der Waals surface area contributed by atoms with Crippen molar-refractivity contribution in [2.45, 2.75) is 12.7 Å². The number of hydrogen-bond acceptors (Lipinski definition) is 6. The van der Waals surface area contributed by atoms with E-state index in [1.165, 1.54) is 25.4 Å². The number of Topliss-reactive ketones (excluding diaryl/α,β-unsaturated/α-hetero) is 1. The SMILES string of the molecule is COC(C)(OC)C(=O)CS(=O)(=O)N1CCN(C)CC1. The van der Waals surface area contributed by atoms with E-state index in [1.54, 1.807) is 0 Å². The molecule has 0 aliphatic carbocycles. The summed E-state index contributed by atoms with van der Waals surface area (Å²) in [4.78, 5) is 14.0. The number of sulfonamides is 1. The predicted molar refractivity (Wildman–Crippen MR) is 70.3 cm³/mol. The minimum Gasteiger partial charge on any atom is -0.347 e. The van der Waals surface area contributed by atoms with Gasteiger partial charge in [-0.3, -0.25) is 4.79 Å². The van der Waals surface area contributed by atoms with E-state index in [1.807, 2.05) is 11.9 Å². The molecule has 0 spiro atoms. The Balaban J connectivity index is 2.72. The Bertz CT molecular complexity index is 411. The van der Waals surface area contributed by atoms with Crippen LogP contribution in [0, 0.1) is 0 Å². The number of ketones is 1. The summed E-state index contributed by atoms with van der Waals surface area (Å²) in [5, 5.41) is 0. The highest BCUT2D eigenvalue weighted by Gasteiger charge is 2.38. The molecule has 1 fully saturated rings. The van der Waals surface area contributed by atoms with Crippen molar-refractivity contribution in [1.29, 1.82) is 0 Å². The summed E-state index contributed by atoms with van der Waals surface area (Å²) < 4.78 is 35.5. The summed E-state index contributed by atoms with van der Waals surface area (Å²) >= 11 is 0. The summed E-state index contributed by atoms with van der Waals surface area (Å²) in [5.74, 6) is -2.72. The number of ether oxygens (including phenoxy) is 2. The van der Waals surface area contributed by atoms with E-state index in [9.17, 15) is 13.2 Å². The van der Waals surface area contributed by atoms with Gasteiger partial charge in [-0.25, -0.2) is 8.42 Å². The van der Waals surface area contributed by atoms with Crippen molar-refractivity contribution >= 4 is 15.8 Å². The molecule has 0 N–H and O–H groups in total. The normalized spacial score (nSPS) is 19.6. The molecular formula is C11H22N2O5S. The lowest BCUT2D eigenvalue weighted by atomic mass is 10.2. The van der Waals surface area contributed by atoms with Crippen LogP contribution < -0.4 is 0 Å². The molecule has 0 aromatic carbocycles. The van der Waals surface area contributed by atoms with Crippen LogP contribution in [0.1, 0.15) is 6.92 Å². The smallest absolute Gasteiger partial charge is 0.226 e. The standard InChI is InChI=1S/C11H22N2O5S/c1-11(17-3,18-4)10(14)9-19(15,16)13-7-5-12(2)6-8-13/h5-9H2,1-4H3. The number of likely N-dealkylation sites (N-methyl/N-ethyl adjacent to an activating group) is 1. The van der Waals surface area contributed by atoms with Crippen molar-refractivity contribution in [3.05, 3.63) is 0 Å². The number of hydrogen-bond donors (Lipinski definition) is 0. The molecule has 1 rings (SSSR count). The molecule has 1 aliphatic heterocycles. The minimum atomic E-state index is -3.61. The van der Waals surface area contributed by atoms with Gasteiger partial charge in [0.1, 0.15) is 5.75 Å². The lowest BCUT2D eigenvalue weighted by molar-refractivity contribution is -0.196. The van der Waals surface area contributed by atoms with Gasteiger partial charge in [-0.15, -0.1) is 0 Å². The van der Waals surface area contributed by atoms with Crippen molar-refractivity contribution in [3.63, 3.8) is 0 Å². The van der Waals surface area contributed by atoms with Gasteiger partial charge in [0, 0.05) is 40.4 Å². The van der Waals surface area contributed by atoms with Crippen molar-refractivity contribution in [2.24, 2.45) is 0 Å². The fourth-order valence-electron chi connectivity index (χ4n) is 1.77. The summed E-state index contributed by atoms with van der Waals surface area (Å²) in [5.41, 5.74) is 0. The van der Waals surface area contributed by atoms with Crippen LogP contribution in [-0.4, -0.2) is 82.4 Å².